The minimum Gasteiger partial charge on any atom is -0.253 e. The lowest BCUT2D eigenvalue weighted by atomic mass is 10.1. The predicted molar refractivity (Wildman–Crippen MR) is 109 cm³/mol. The average Bonchev–Trinajstić information content (AvgIpc) is 3.07. The van der Waals surface area contributed by atoms with Crippen molar-refractivity contribution in [1.29, 1.82) is 0 Å². The van der Waals surface area contributed by atoms with Crippen LogP contribution in [0.1, 0.15) is 122 Å². The summed E-state index contributed by atoms with van der Waals surface area (Å²) >= 11 is 0. The van der Waals surface area contributed by atoms with Crippen molar-refractivity contribution in [2.24, 2.45) is 0 Å². The average molecular weight is 350 g/mol. The Morgan fingerprint density at radius 2 is 1.12 bits per heavy atom. The Morgan fingerprint density at radius 3 is 1.68 bits per heavy atom. The van der Waals surface area contributed by atoms with Crippen LogP contribution in [0, 0.1) is 0 Å². The summed E-state index contributed by atoms with van der Waals surface area (Å²) in [6.07, 6.45) is 25.0. The van der Waals surface area contributed by atoms with Gasteiger partial charge in [-0.2, -0.15) is 5.10 Å². The smallest absolute Gasteiger partial charge is 0.150 e. The summed E-state index contributed by atoms with van der Waals surface area (Å²) < 4.78 is 2.05. The van der Waals surface area contributed by atoms with Gasteiger partial charge in [0, 0.05) is 13.0 Å². The highest BCUT2D eigenvalue weighted by atomic mass is 15.3. The van der Waals surface area contributed by atoms with E-state index >= 15 is 0 Å². The SMILES string of the molecule is CCCCCCCCCCCCCCn1cnc(CCCCCC)n1. The van der Waals surface area contributed by atoms with Gasteiger partial charge in [-0.3, -0.25) is 4.68 Å². The zero-order chi connectivity index (χ0) is 18.0. The van der Waals surface area contributed by atoms with Gasteiger partial charge in [0.2, 0.25) is 0 Å². The molecule has 0 fully saturated rings. The highest BCUT2D eigenvalue weighted by Crippen LogP contribution is 2.12. The maximum atomic E-state index is 4.60. The summed E-state index contributed by atoms with van der Waals surface area (Å²) in [7, 11) is 0. The quantitative estimate of drug-likeness (QED) is 0.264. The lowest BCUT2D eigenvalue weighted by Crippen LogP contribution is -2.00. The van der Waals surface area contributed by atoms with Crippen molar-refractivity contribution in [3.63, 3.8) is 0 Å². The van der Waals surface area contributed by atoms with Crippen molar-refractivity contribution >= 4 is 0 Å². The fourth-order valence-corrected chi connectivity index (χ4v) is 3.38. The molecule has 1 heterocycles. The molecule has 0 unspecified atom stereocenters. The van der Waals surface area contributed by atoms with E-state index in [-0.39, 0.29) is 0 Å². The van der Waals surface area contributed by atoms with E-state index in [4.69, 9.17) is 0 Å². The Hall–Kier alpha value is -0.860. The Bertz CT molecular complexity index is 386. The zero-order valence-electron chi connectivity index (χ0n) is 17.1. The van der Waals surface area contributed by atoms with Crippen molar-refractivity contribution in [1.82, 2.24) is 14.8 Å². The van der Waals surface area contributed by atoms with Gasteiger partial charge in [0.05, 0.1) is 0 Å². The second kappa shape index (κ2) is 16.6. The van der Waals surface area contributed by atoms with Crippen molar-refractivity contribution in [2.75, 3.05) is 0 Å². The maximum Gasteiger partial charge on any atom is 0.150 e. The Morgan fingerprint density at radius 1 is 0.640 bits per heavy atom. The van der Waals surface area contributed by atoms with Gasteiger partial charge in [0.1, 0.15) is 6.33 Å². The Labute approximate surface area is 157 Å². The van der Waals surface area contributed by atoms with Gasteiger partial charge < -0.3 is 0 Å². The molecular weight excluding hydrogens is 306 g/mol. The highest BCUT2D eigenvalue weighted by Gasteiger charge is 2.01. The maximum absolute atomic E-state index is 4.60. The molecule has 0 aliphatic carbocycles. The second-order valence-corrected chi connectivity index (χ2v) is 7.62. The van der Waals surface area contributed by atoms with Crippen molar-refractivity contribution in [3.8, 4) is 0 Å². The summed E-state index contributed by atoms with van der Waals surface area (Å²) in [5.41, 5.74) is 0. The van der Waals surface area contributed by atoms with Gasteiger partial charge in [-0.1, -0.05) is 104 Å². The van der Waals surface area contributed by atoms with Crippen LogP contribution in [-0.4, -0.2) is 14.8 Å². The van der Waals surface area contributed by atoms with Crippen LogP contribution in [-0.2, 0) is 13.0 Å². The molecule has 0 N–H and O–H groups in total. The summed E-state index contributed by atoms with van der Waals surface area (Å²) in [6, 6.07) is 0. The Kier molecular flexibility index (Phi) is 14.7. The van der Waals surface area contributed by atoms with Crippen LogP contribution >= 0.6 is 0 Å². The molecule has 1 rings (SSSR count). The monoisotopic (exact) mass is 349 g/mol. The fraction of sp³-hybridized carbons (Fsp3) is 0.909. The van der Waals surface area contributed by atoms with Crippen molar-refractivity contribution in [3.05, 3.63) is 12.2 Å². The molecular formula is C22H43N3. The van der Waals surface area contributed by atoms with Crippen LogP contribution in [0.4, 0.5) is 0 Å². The lowest BCUT2D eigenvalue weighted by molar-refractivity contribution is 0.509. The zero-order valence-corrected chi connectivity index (χ0v) is 17.1. The minimum atomic E-state index is 1.04. The van der Waals surface area contributed by atoms with E-state index in [9.17, 15) is 0 Å². The Balaban J connectivity index is 1.87. The molecule has 3 heteroatoms. The predicted octanol–water partition coefficient (Wildman–Crippen LogP) is 7.10. The van der Waals surface area contributed by atoms with Crippen LogP contribution in [0.15, 0.2) is 6.33 Å². The summed E-state index contributed by atoms with van der Waals surface area (Å²) in [5, 5.41) is 4.60. The van der Waals surface area contributed by atoms with Crippen molar-refractivity contribution < 1.29 is 0 Å². The number of hydrogen-bond donors (Lipinski definition) is 0. The standard InChI is InChI=1S/C22H43N3/c1-3-5-7-9-10-11-12-13-14-15-16-18-20-25-21-23-22(24-25)19-17-8-6-4-2/h21H,3-20H2,1-2H3. The van der Waals surface area contributed by atoms with Gasteiger partial charge in [-0.05, 0) is 12.8 Å². The van der Waals surface area contributed by atoms with Gasteiger partial charge in [0.15, 0.2) is 5.82 Å². The van der Waals surface area contributed by atoms with E-state index in [1.54, 1.807) is 0 Å². The minimum absolute atomic E-state index is 1.04. The van der Waals surface area contributed by atoms with Crippen molar-refractivity contribution in [2.45, 2.75) is 130 Å². The number of rotatable bonds is 18. The summed E-state index contributed by atoms with van der Waals surface area (Å²) in [4.78, 5) is 4.44. The molecule has 1 aromatic heterocycles. The molecule has 0 aliphatic heterocycles. The first-order valence-electron chi connectivity index (χ1n) is 11.2. The van der Waals surface area contributed by atoms with E-state index in [0.29, 0.717) is 0 Å². The molecule has 0 saturated heterocycles. The number of nitrogens with zero attached hydrogens (tertiary/aromatic N) is 3. The third kappa shape index (κ3) is 13.1. The van der Waals surface area contributed by atoms with Crippen LogP contribution in [0.3, 0.4) is 0 Å². The van der Waals surface area contributed by atoms with Gasteiger partial charge >= 0.3 is 0 Å². The molecule has 3 nitrogen and oxygen atoms in total. The molecule has 0 spiro atoms. The van der Waals surface area contributed by atoms with E-state index in [1.807, 2.05) is 11.0 Å². The molecule has 146 valence electrons. The number of aromatic nitrogens is 3. The first kappa shape index (κ1) is 22.2. The van der Waals surface area contributed by atoms with E-state index in [2.05, 4.69) is 23.9 Å². The number of aryl methyl sites for hydroxylation is 2. The van der Waals surface area contributed by atoms with Crippen LogP contribution in [0.25, 0.3) is 0 Å². The van der Waals surface area contributed by atoms with E-state index in [0.717, 1.165) is 18.8 Å². The highest BCUT2D eigenvalue weighted by molar-refractivity contribution is 4.81. The molecule has 0 aliphatic rings. The van der Waals surface area contributed by atoms with Gasteiger partial charge in [-0.15, -0.1) is 0 Å². The van der Waals surface area contributed by atoms with E-state index < -0.39 is 0 Å². The lowest BCUT2D eigenvalue weighted by Gasteiger charge is -2.03. The molecule has 0 atom stereocenters. The molecule has 0 saturated carbocycles. The van der Waals surface area contributed by atoms with Gasteiger partial charge in [-0.25, -0.2) is 4.98 Å². The second-order valence-electron chi connectivity index (χ2n) is 7.62. The normalized spacial score (nSPS) is 11.3. The molecule has 25 heavy (non-hydrogen) atoms. The third-order valence-corrected chi connectivity index (χ3v) is 5.08. The first-order valence-corrected chi connectivity index (χ1v) is 11.2. The van der Waals surface area contributed by atoms with E-state index in [1.165, 1.54) is 103 Å². The molecule has 0 radical (unpaired) electrons. The molecule has 0 amide bonds. The van der Waals surface area contributed by atoms with Crippen LogP contribution < -0.4 is 0 Å². The molecule has 0 aromatic carbocycles. The molecule has 0 bridgehead atoms. The first-order chi connectivity index (χ1) is 12.4. The summed E-state index contributed by atoms with van der Waals surface area (Å²) in [6.45, 7) is 5.58. The topological polar surface area (TPSA) is 30.7 Å². The molecule has 1 aromatic rings. The number of unbranched alkanes of at least 4 members (excludes halogenated alkanes) is 14. The largest absolute Gasteiger partial charge is 0.253 e. The summed E-state index contributed by atoms with van der Waals surface area (Å²) in [5.74, 6) is 1.04. The van der Waals surface area contributed by atoms with Crippen LogP contribution in [0.5, 0.6) is 0 Å². The van der Waals surface area contributed by atoms with Crippen LogP contribution in [0.2, 0.25) is 0 Å². The van der Waals surface area contributed by atoms with Gasteiger partial charge in [0.25, 0.3) is 0 Å². The number of hydrogen-bond acceptors (Lipinski definition) is 2. The third-order valence-electron chi connectivity index (χ3n) is 5.08. The fourth-order valence-electron chi connectivity index (χ4n) is 3.38.